The summed E-state index contributed by atoms with van der Waals surface area (Å²) in [6.07, 6.45) is 5.13. The molecule has 0 aromatic heterocycles. The van der Waals surface area contributed by atoms with Crippen LogP contribution in [0, 0.1) is 0 Å². The Balaban J connectivity index is 3.07. The van der Waals surface area contributed by atoms with Gasteiger partial charge in [0.1, 0.15) is 0 Å². The molecule has 1 heteroatoms. The van der Waals surface area contributed by atoms with Crippen LogP contribution in [0.4, 0.5) is 0 Å². The SMILES string of the molecule is CCCCC/C(C)=N\C. The molecule has 0 fully saturated rings. The van der Waals surface area contributed by atoms with Gasteiger partial charge in [-0.1, -0.05) is 19.8 Å². The van der Waals surface area contributed by atoms with E-state index in [2.05, 4.69) is 18.8 Å². The van der Waals surface area contributed by atoms with Crippen molar-refractivity contribution in [1.82, 2.24) is 0 Å². The summed E-state index contributed by atoms with van der Waals surface area (Å²) in [4.78, 5) is 4.08. The number of aliphatic imine (C=N–C) groups is 1. The molecule has 0 heterocycles. The van der Waals surface area contributed by atoms with Gasteiger partial charge in [0.2, 0.25) is 0 Å². The summed E-state index contributed by atoms with van der Waals surface area (Å²) in [5.74, 6) is 0. The number of nitrogens with zero attached hydrogens (tertiary/aromatic N) is 1. The Morgan fingerprint density at radius 3 is 2.44 bits per heavy atom. The van der Waals surface area contributed by atoms with Crippen molar-refractivity contribution in [1.29, 1.82) is 0 Å². The van der Waals surface area contributed by atoms with Crippen molar-refractivity contribution < 1.29 is 0 Å². The lowest BCUT2D eigenvalue weighted by molar-refractivity contribution is 0.740. The van der Waals surface area contributed by atoms with E-state index in [0.717, 1.165) is 0 Å². The van der Waals surface area contributed by atoms with Crippen LogP contribution in [0.15, 0.2) is 4.99 Å². The van der Waals surface area contributed by atoms with Gasteiger partial charge < -0.3 is 0 Å². The predicted octanol–water partition coefficient (Wildman–Crippen LogP) is 2.66. The van der Waals surface area contributed by atoms with E-state index in [1.165, 1.54) is 31.4 Å². The van der Waals surface area contributed by atoms with Crippen LogP contribution < -0.4 is 0 Å². The van der Waals surface area contributed by atoms with E-state index in [0.29, 0.717) is 0 Å². The first kappa shape index (κ1) is 8.67. The van der Waals surface area contributed by atoms with Crippen molar-refractivity contribution in [3.05, 3.63) is 0 Å². The summed E-state index contributed by atoms with van der Waals surface area (Å²) >= 11 is 0. The number of unbranched alkanes of at least 4 members (excludes halogenated alkanes) is 2. The molecule has 0 N–H and O–H groups in total. The molecule has 0 aromatic rings. The molecule has 0 radical (unpaired) electrons. The smallest absolute Gasteiger partial charge is 0.0276 e. The van der Waals surface area contributed by atoms with Gasteiger partial charge in [-0.25, -0.2) is 0 Å². The van der Waals surface area contributed by atoms with Gasteiger partial charge in [-0.15, -0.1) is 0 Å². The second kappa shape index (κ2) is 5.80. The minimum Gasteiger partial charge on any atom is -0.298 e. The summed E-state index contributed by atoms with van der Waals surface area (Å²) in [5.41, 5.74) is 1.28. The van der Waals surface area contributed by atoms with Crippen LogP contribution in [0.1, 0.15) is 39.5 Å². The monoisotopic (exact) mass is 127 g/mol. The first-order valence-corrected chi connectivity index (χ1v) is 3.73. The highest BCUT2D eigenvalue weighted by molar-refractivity contribution is 5.81. The second-order valence-corrected chi connectivity index (χ2v) is 2.42. The summed E-state index contributed by atoms with van der Waals surface area (Å²) < 4.78 is 0. The van der Waals surface area contributed by atoms with Crippen LogP contribution in [0.3, 0.4) is 0 Å². The Labute approximate surface area is 58.2 Å². The highest BCUT2D eigenvalue weighted by atomic mass is 14.7. The molecular weight excluding hydrogens is 110 g/mol. The third-order valence-electron chi connectivity index (χ3n) is 1.52. The van der Waals surface area contributed by atoms with Crippen LogP contribution in [0.25, 0.3) is 0 Å². The fraction of sp³-hybridized carbons (Fsp3) is 0.875. The molecule has 0 atom stereocenters. The average molecular weight is 127 g/mol. The van der Waals surface area contributed by atoms with Crippen molar-refractivity contribution >= 4 is 5.71 Å². The van der Waals surface area contributed by atoms with E-state index in [1.54, 1.807) is 0 Å². The lowest BCUT2D eigenvalue weighted by Crippen LogP contribution is -1.89. The molecule has 0 saturated carbocycles. The summed E-state index contributed by atoms with van der Waals surface area (Å²) in [6, 6.07) is 0. The average Bonchev–Trinajstić information content (AvgIpc) is 1.89. The fourth-order valence-corrected chi connectivity index (χ4v) is 0.743. The molecule has 1 nitrogen and oxygen atoms in total. The molecule has 0 aliphatic rings. The van der Waals surface area contributed by atoms with E-state index >= 15 is 0 Å². The third kappa shape index (κ3) is 5.54. The van der Waals surface area contributed by atoms with Crippen LogP contribution in [-0.2, 0) is 0 Å². The maximum Gasteiger partial charge on any atom is 0.0276 e. The first-order chi connectivity index (χ1) is 4.31. The maximum atomic E-state index is 4.08. The first-order valence-electron chi connectivity index (χ1n) is 3.73. The molecule has 0 aliphatic heterocycles. The molecule has 0 unspecified atom stereocenters. The molecule has 0 amide bonds. The molecule has 0 aromatic carbocycles. The van der Waals surface area contributed by atoms with E-state index in [9.17, 15) is 0 Å². The van der Waals surface area contributed by atoms with Gasteiger partial charge in [0.25, 0.3) is 0 Å². The molecule has 9 heavy (non-hydrogen) atoms. The molecule has 0 spiro atoms. The minimum atomic E-state index is 1.18. The van der Waals surface area contributed by atoms with Crippen LogP contribution in [0.2, 0.25) is 0 Å². The van der Waals surface area contributed by atoms with Gasteiger partial charge in [-0.2, -0.15) is 0 Å². The maximum absolute atomic E-state index is 4.08. The summed E-state index contributed by atoms with van der Waals surface area (Å²) in [6.45, 7) is 4.31. The Hall–Kier alpha value is -0.330. The van der Waals surface area contributed by atoms with Crippen LogP contribution in [0.5, 0.6) is 0 Å². The predicted molar refractivity (Wildman–Crippen MR) is 43.2 cm³/mol. The zero-order valence-electron chi connectivity index (χ0n) is 6.78. The molecular formula is C8H17N. The highest BCUT2D eigenvalue weighted by Gasteiger charge is 1.88. The number of rotatable bonds is 4. The standard InChI is InChI=1S/C8H17N/c1-4-5-6-7-8(2)9-3/h4-7H2,1-3H3/b9-8-. The van der Waals surface area contributed by atoms with Gasteiger partial charge in [-0.3, -0.25) is 4.99 Å². The lowest BCUT2D eigenvalue weighted by atomic mass is 10.1. The molecule has 0 rings (SSSR count). The van der Waals surface area contributed by atoms with Crippen molar-refractivity contribution in [2.24, 2.45) is 4.99 Å². The van der Waals surface area contributed by atoms with Crippen molar-refractivity contribution in [3.8, 4) is 0 Å². The Kier molecular flexibility index (Phi) is 5.59. The number of hydrogen-bond donors (Lipinski definition) is 0. The normalized spacial score (nSPS) is 12.1. The molecule has 0 aliphatic carbocycles. The third-order valence-corrected chi connectivity index (χ3v) is 1.52. The minimum absolute atomic E-state index is 1.18. The van der Waals surface area contributed by atoms with Gasteiger partial charge in [-0.05, 0) is 19.8 Å². The second-order valence-electron chi connectivity index (χ2n) is 2.42. The van der Waals surface area contributed by atoms with Crippen LogP contribution in [-0.4, -0.2) is 12.8 Å². The summed E-state index contributed by atoms with van der Waals surface area (Å²) in [7, 11) is 1.86. The highest BCUT2D eigenvalue weighted by Crippen LogP contribution is 1.99. The van der Waals surface area contributed by atoms with E-state index in [1.807, 2.05) is 7.05 Å². The quantitative estimate of drug-likeness (QED) is 0.406. The largest absolute Gasteiger partial charge is 0.298 e. The zero-order chi connectivity index (χ0) is 7.11. The number of hydrogen-bond acceptors (Lipinski definition) is 1. The molecule has 54 valence electrons. The van der Waals surface area contributed by atoms with Gasteiger partial charge >= 0.3 is 0 Å². The van der Waals surface area contributed by atoms with Crippen LogP contribution >= 0.6 is 0 Å². The van der Waals surface area contributed by atoms with Crippen molar-refractivity contribution in [2.45, 2.75) is 39.5 Å². The van der Waals surface area contributed by atoms with Crippen molar-refractivity contribution in [3.63, 3.8) is 0 Å². The Bertz CT molecular complexity index is 84.6. The topological polar surface area (TPSA) is 12.4 Å². The van der Waals surface area contributed by atoms with E-state index in [-0.39, 0.29) is 0 Å². The van der Waals surface area contributed by atoms with Gasteiger partial charge in [0.05, 0.1) is 0 Å². The molecule has 0 saturated heterocycles. The van der Waals surface area contributed by atoms with E-state index < -0.39 is 0 Å². The van der Waals surface area contributed by atoms with E-state index in [4.69, 9.17) is 0 Å². The van der Waals surface area contributed by atoms with Gasteiger partial charge in [0.15, 0.2) is 0 Å². The van der Waals surface area contributed by atoms with Crippen molar-refractivity contribution in [2.75, 3.05) is 7.05 Å². The zero-order valence-corrected chi connectivity index (χ0v) is 6.78. The fourth-order valence-electron chi connectivity index (χ4n) is 0.743. The Morgan fingerprint density at radius 2 is 2.00 bits per heavy atom. The molecule has 0 bridgehead atoms. The lowest BCUT2D eigenvalue weighted by Gasteiger charge is -1.95. The van der Waals surface area contributed by atoms with Gasteiger partial charge in [0, 0.05) is 12.8 Å². The summed E-state index contributed by atoms with van der Waals surface area (Å²) in [5, 5.41) is 0. The Morgan fingerprint density at radius 1 is 1.33 bits per heavy atom.